The summed E-state index contributed by atoms with van der Waals surface area (Å²) in [4.78, 5) is 0. The number of rotatable bonds is 0. The lowest BCUT2D eigenvalue weighted by molar-refractivity contribution is -0.0742. The molecule has 0 aromatic rings. The summed E-state index contributed by atoms with van der Waals surface area (Å²) in [6.07, 6.45) is -0.884. The van der Waals surface area contributed by atoms with E-state index in [1.165, 1.54) is 0 Å². The van der Waals surface area contributed by atoms with Gasteiger partial charge in [-0.25, -0.2) is 0 Å². The van der Waals surface area contributed by atoms with Crippen molar-refractivity contribution in [3.05, 3.63) is 0 Å². The van der Waals surface area contributed by atoms with Crippen LogP contribution in [0, 0.1) is 5.41 Å². The molecule has 5 heteroatoms. The molecule has 0 aromatic heterocycles. The van der Waals surface area contributed by atoms with Gasteiger partial charge in [0.25, 0.3) is 0 Å². The summed E-state index contributed by atoms with van der Waals surface area (Å²) in [7, 11) is 0. The summed E-state index contributed by atoms with van der Waals surface area (Å²) >= 11 is 17.1. The van der Waals surface area contributed by atoms with Crippen LogP contribution in [0.25, 0.3) is 0 Å². The summed E-state index contributed by atoms with van der Waals surface area (Å²) in [5.74, 6) is 0. The van der Waals surface area contributed by atoms with Crippen LogP contribution in [0.3, 0.4) is 0 Å². The molecule has 1 unspecified atom stereocenters. The zero-order valence-corrected chi connectivity index (χ0v) is 11.0. The quantitative estimate of drug-likeness (QED) is 0.621. The Morgan fingerprint density at radius 2 is 1.50 bits per heavy atom. The van der Waals surface area contributed by atoms with Gasteiger partial charge in [0.1, 0.15) is 0 Å². The van der Waals surface area contributed by atoms with Gasteiger partial charge in [-0.15, -0.1) is 0 Å². The van der Waals surface area contributed by atoms with Crippen molar-refractivity contribution in [2.75, 3.05) is 0 Å². The molecule has 1 rings (SSSR count). The van der Waals surface area contributed by atoms with Gasteiger partial charge in [0.05, 0.1) is 12.2 Å². The number of ether oxygens (including phenoxy) is 2. The van der Waals surface area contributed by atoms with Crippen LogP contribution in [-0.4, -0.2) is 22.3 Å². The molecule has 1 aliphatic heterocycles. The highest BCUT2D eigenvalue weighted by atomic mass is 35.6. The van der Waals surface area contributed by atoms with E-state index in [0.717, 1.165) is 0 Å². The predicted molar refractivity (Wildman–Crippen MR) is 59.0 cm³/mol. The van der Waals surface area contributed by atoms with Crippen LogP contribution < -0.4 is 0 Å². The van der Waals surface area contributed by atoms with E-state index in [2.05, 4.69) is 20.8 Å². The van der Waals surface area contributed by atoms with Gasteiger partial charge in [-0.3, -0.25) is 0 Å². The highest BCUT2D eigenvalue weighted by molar-refractivity contribution is 6.67. The van der Waals surface area contributed by atoms with Gasteiger partial charge in [0, 0.05) is 0 Å². The smallest absolute Gasteiger partial charge is 0.240 e. The van der Waals surface area contributed by atoms with Crippen LogP contribution in [0.5, 0.6) is 0 Å². The van der Waals surface area contributed by atoms with Gasteiger partial charge in [-0.1, -0.05) is 55.6 Å². The number of hydrogen-bond donors (Lipinski definition) is 0. The SMILES string of the molecule is C[C@@H]1OC(C(Cl)(Cl)Cl)O[C@@H]1C(C)(C)C. The second kappa shape index (κ2) is 3.99. The summed E-state index contributed by atoms with van der Waals surface area (Å²) in [5.41, 5.74) is -0.0237. The molecule has 3 atom stereocenters. The molecule has 84 valence electrons. The van der Waals surface area contributed by atoms with Crippen LogP contribution in [0.15, 0.2) is 0 Å². The number of halogens is 3. The average Bonchev–Trinajstić information content (AvgIpc) is 2.27. The van der Waals surface area contributed by atoms with E-state index < -0.39 is 10.1 Å². The Labute approximate surface area is 99.8 Å². The van der Waals surface area contributed by atoms with Crippen molar-refractivity contribution in [3.63, 3.8) is 0 Å². The van der Waals surface area contributed by atoms with Crippen molar-refractivity contribution in [1.29, 1.82) is 0 Å². The lowest BCUT2D eigenvalue weighted by Crippen LogP contribution is -2.34. The van der Waals surface area contributed by atoms with Gasteiger partial charge in [-0.05, 0) is 12.3 Å². The Hall–Kier alpha value is 0.790. The molecule has 1 heterocycles. The van der Waals surface area contributed by atoms with E-state index in [-0.39, 0.29) is 17.6 Å². The van der Waals surface area contributed by atoms with Crippen LogP contribution in [0.2, 0.25) is 0 Å². The van der Waals surface area contributed by atoms with E-state index in [1.807, 2.05) is 6.92 Å². The molecule has 1 saturated heterocycles. The fraction of sp³-hybridized carbons (Fsp3) is 1.00. The molecule has 14 heavy (non-hydrogen) atoms. The summed E-state index contributed by atoms with van der Waals surface area (Å²) in [6.45, 7) is 8.13. The van der Waals surface area contributed by atoms with Crippen molar-refractivity contribution in [2.24, 2.45) is 5.41 Å². The maximum Gasteiger partial charge on any atom is 0.240 e. The molecule has 0 N–H and O–H groups in total. The topological polar surface area (TPSA) is 18.5 Å². The van der Waals surface area contributed by atoms with Gasteiger partial charge >= 0.3 is 0 Å². The predicted octanol–water partition coefficient (Wildman–Crippen LogP) is 3.53. The molecule has 0 saturated carbocycles. The Balaban J connectivity index is 2.70. The van der Waals surface area contributed by atoms with Crippen molar-refractivity contribution in [3.8, 4) is 0 Å². The molecule has 1 fully saturated rings. The first-order valence-corrected chi connectivity index (χ1v) is 5.63. The molecule has 2 nitrogen and oxygen atoms in total. The first kappa shape index (κ1) is 12.9. The second-order valence-corrected chi connectivity index (χ2v) is 7.01. The minimum atomic E-state index is -1.52. The molecule has 0 spiro atoms. The molecule has 0 radical (unpaired) electrons. The number of hydrogen-bond acceptors (Lipinski definition) is 2. The fourth-order valence-electron chi connectivity index (χ4n) is 1.60. The molecular formula is C9H15Cl3O2. The average molecular weight is 262 g/mol. The third-order valence-corrected chi connectivity index (χ3v) is 2.69. The monoisotopic (exact) mass is 260 g/mol. The van der Waals surface area contributed by atoms with Crippen molar-refractivity contribution < 1.29 is 9.47 Å². The lowest BCUT2D eigenvalue weighted by atomic mass is 9.86. The Bertz CT molecular complexity index is 207. The van der Waals surface area contributed by atoms with Crippen LogP contribution in [-0.2, 0) is 9.47 Å². The van der Waals surface area contributed by atoms with E-state index >= 15 is 0 Å². The molecule has 0 amide bonds. The van der Waals surface area contributed by atoms with E-state index in [1.54, 1.807) is 0 Å². The Kier molecular flexibility index (Phi) is 3.66. The van der Waals surface area contributed by atoms with Crippen LogP contribution in [0.1, 0.15) is 27.7 Å². The summed E-state index contributed by atoms with van der Waals surface area (Å²) in [6, 6.07) is 0. The van der Waals surface area contributed by atoms with Gasteiger partial charge < -0.3 is 9.47 Å². The van der Waals surface area contributed by atoms with Crippen molar-refractivity contribution in [2.45, 2.75) is 50.0 Å². The van der Waals surface area contributed by atoms with E-state index in [4.69, 9.17) is 44.3 Å². The maximum absolute atomic E-state index is 5.70. The molecular weight excluding hydrogens is 246 g/mol. The zero-order valence-electron chi connectivity index (χ0n) is 8.68. The molecule has 0 bridgehead atoms. The number of alkyl halides is 3. The first-order chi connectivity index (χ1) is 6.12. The van der Waals surface area contributed by atoms with Gasteiger partial charge in [-0.2, -0.15) is 0 Å². The lowest BCUT2D eigenvalue weighted by Gasteiger charge is -2.28. The van der Waals surface area contributed by atoms with Crippen LogP contribution in [0.4, 0.5) is 0 Å². The minimum Gasteiger partial charge on any atom is -0.343 e. The summed E-state index contributed by atoms with van der Waals surface area (Å²) < 4.78 is 9.51. The second-order valence-electron chi connectivity index (χ2n) is 4.64. The Morgan fingerprint density at radius 1 is 1.00 bits per heavy atom. The molecule has 0 aromatic carbocycles. The Morgan fingerprint density at radius 3 is 1.71 bits per heavy atom. The minimum absolute atomic E-state index is 0.0237. The third-order valence-electron chi connectivity index (χ3n) is 2.16. The first-order valence-electron chi connectivity index (χ1n) is 4.50. The van der Waals surface area contributed by atoms with Crippen molar-refractivity contribution >= 4 is 34.8 Å². The maximum atomic E-state index is 5.70. The van der Waals surface area contributed by atoms with Gasteiger partial charge in [0.2, 0.25) is 10.1 Å². The van der Waals surface area contributed by atoms with E-state index in [9.17, 15) is 0 Å². The van der Waals surface area contributed by atoms with Crippen LogP contribution >= 0.6 is 34.8 Å². The standard InChI is InChI=1S/C9H15Cl3O2/c1-5-6(8(2,3)4)14-7(13-5)9(10,11)12/h5-7H,1-4H3/t5-,6-,7?/m0/s1. The van der Waals surface area contributed by atoms with E-state index in [0.29, 0.717) is 0 Å². The summed E-state index contributed by atoms with van der Waals surface area (Å²) in [5, 5.41) is 0. The van der Waals surface area contributed by atoms with Gasteiger partial charge in [0.15, 0.2) is 0 Å². The largest absolute Gasteiger partial charge is 0.343 e. The highest BCUT2D eigenvalue weighted by Crippen LogP contribution is 2.42. The van der Waals surface area contributed by atoms with Crippen molar-refractivity contribution in [1.82, 2.24) is 0 Å². The highest BCUT2D eigenvalue weighted by Gasteiger charge is 2.48. The zero-order chi connectivity index (χ0) is 11.1. The molecule has 0 aliphatic carbocycles. The molecule has 1 aliphatic rings. The third kappa shape index (κ3) is 2.89. The normalized spacial score (nSPS) is 34.9. The fourth-order valence-corrected chi connectivity index (χ4v) is 1.91.